The van der Waals surface area contributed by atoms with Crippen LogP contribution in [-0.2, 0) is 4.74 Å². The first-order valence-corrected chi connectivity index (χ1v) is 10.9. The highest BCUT2D eigenvalue weighted by Crippen LogP contribution is 2.28. The van der Waals surface area contributed by atoms with Crippen molar-refractivity contribution < 1.29 is 9.53 Å². The minimum absolute atomic E-state index is 0.0727. The van der Waals surface area contributed by atoms with E-state index in [1.165, 1.54) is 4.52 Å². The average molecular weight is 448 g/mol. The average Bonchev–Trinajstić information content (AvgIpc) is 3.13. The summed E-state index contributed by atoms with van der Waals surface area (Å²) in [5, 5.41) is 16.3. The van der Waals surface area contributed by atoms with Crippen LogP contribution >= 0.6 is 0 Å². The molecule has 2 fully saturated rings. The van der Waals surface area contributed by atoms with E-state index >= 15 is 0 Å². The van der Waals surface area contributed by atoms with Gasteiger partial charge in [0, 0.05) is 50.3 Å². The molecule has 0 bridgehead atoms. The highest BCUT2D eigenvalue weighted by Gasteiger charge is 2.30. The Bertz CT molecular complexity index is 1220. The number of nitrogens with two attached hydrogens (primary N) is 1. The second-order valence-corrected chi connectivity index (χ2v) is 8.33. The summed E-state index contributed by atoms with van der Waals surface area (Å²) in [7, 11) is 0. The lowest BCUT2D eigenvalue weighted by Gasteiger charge is -2.43. The maximum absolute atomic E-state index is 13.2. The molecule has 0 aliphatic carbocycles. The number of pyridine rings is 1. The molecule has 11 nitrogen and oxygen atoms in total. The summed E-state index contributed by atoms with van der Waals surface area (Å²) < 4.78 is 6.76. The third-order valence-electron chi connectivity index (χ3n) is 6.28. The summed E-state index contributed by atoms with van der Waals surface area (Å²) in [5.41, 5.74) is 8.81. The molecule has 2 aliphatic rings. The molecule has 1 unspecified atom stereocenters. The topological polar surface area (TPSA) is 138 Å². The van der Waals surface area contributed by atoms with Gasteiger partial charge in [-0.1, -0.05) is 0 Å². The molecule has 1 atom stereocenters. The van der Waals surface area contributed by atoms with E-state index in [9.17, 15) is 4.79 Å². The van der Waals surface area contributed by atoms with Crippen LogP contribution in [0.15, 0.2) is 30.9 Å². The smallest absolute Gasteiger partial charge is 0.263 e. The number of carbonyl (C=O) groups excluding carboxylic acids is 1. The number of anilines is 3. The fraction of sp³-hybridized carbons (Fsp3) is 0.409. The van der Waals surface area contributed by atoms with Crippen molar-refractivity contribution in [3.05, 3.63) is 42.0 Å². The van der Waals surface area contributed by atoms with E-state index in [1.54, 1.807) is 31.7 Å². The molecule has 0 spiro atoms. The third-order valence-corrected chi connectivity index (χ3v) is 6.28. The molecule has 2 aliphatic heterocycles. The van der Waals surface area contributed by atoms with E-state index in [0.29, 0.717) is 22.9 Å². The molecule has 3 aromatic rings. The molecule has 11 heteroatoms. The SMILES string of the molecule is CC(C#N)c1cnc2c(C(=O)Nc3cnccc3N3CCN(C4COC4)CC3)c(N)nn2c1. The van der Waals surface area contributed by atoms with Crippen LogP contribution in [0.5, 0.6) is 0 Å². The second kappa shape index (κ2) is 8.65. The van der Waals surface area contributed by atoms with Crippen LogP contribution in [0.2, 0.25) is 0 Å². The Morgan fingerprint density at radius 3 is 2.79 bits per heavy atom. The van der Waals surface area contributed by atoms with Crippen LogP contribution in [0, 0.1) is 11.3 Å². The minimum Gasteiger partial charge on any atom is -0.381 e. The van der Waals surface area contributed by atoms with Crippen molar-refractivity contribution in [2.45, 2.75) is 18.9 Å². The van der Waals surface area contributed by atoms with Gasteiger partial charge in [-0.3, -0.25) is 14.7 Å². The number of nitriles is 1. The molecular weight excluding hydrogens is 422 g/mol. The minimum atomic E-state index is -0.407. The zero-order valence-corrected chi connectivity index (χ0v) is 18.3. The van der Waals surface area contributed by atoms with Gasteiger partial charge in [0.2, 0.25) is 0 Å². The van der Waals surface area contributed by atoms with Crippen LogP contribution < -0.4 is 16.0 Å². The van der Waals surface area contributed by atoms with Gasteiger partial charge in [-0.15, -0.1) is 5.10 Å². The van der Waals surface area contributed by atoms with Gasteiger partial charge < -0.3 is 20.7 Å². The number of aromatic nitrogens is 4. The summed E-state index contributed by atoms with van der Waals surface area (Å²) in [4.78, 5) is 26.5. The molecule has 0 aromatic carbocycles. The second-order valence-electron chi connectivity index (χ2n) is 8.33. The molecule has 0 radical (unpaired) electrons. The van der Waals surface area contributed by atoms with Gasteiger partial charge in [-0.25, -0.2) is 9.50 Å². The van der Waals surface area contributed by atoms with Gasteiger partial charge in [0.05, 0.1) is 48.8 Å². The summed E-state index contributed by atoms with van der Waals surface area (Å²) in [6.07, 6.45) is 6.61. The van der Waals surface area contributed by atoms with Gasteiger partial charge in [0.15, 0.2) is 11.5 Å². The van der Waals surface area contributed by atoms with Crippen molar-refractivity contribution in [3.63, 3.8) is 0 Å². The first-order chi connectivity index (χ1) is 16.0. The molecule has 2 saturated heterocycles. The van der Waals surface area contributed by atoms with E-state index in [2.05, 4.69) is 36.3 Å². The molecule has 3 N–H and O–H groups in total. The predicted octanol–water partition coefficient (Wildman–Crippen LogP) is 1.11. The zero-order valence-electron chi connectivity index (χ0n) is 18.3. The van der Waals surface area contributed by atoms with Crippen molar-refractivity contribution in [2.24, 2.45) is 0 Å². The normalized spacial score (nSPS) is 18.0. The van der Waals surface area contributed by atoms with E-state index in [4.69, 9.17) is 15.7 Å². The molecule has 5 rings (SSSR count). The molecule has 170 valence electrons. The van der Waals surface area contributed by atoms with Crippen molar-refractivity contribution in [1.29, 1.82) is 5.26 Å². The number of fused-ring (bicyclic) bond motifs is 1. The number of amides is 1. The Labute approximate surface area is 190 Å². The van der Waals surface area contributed by atoms with Crippen LogP contribution in [0.1, 0.15) is 28.8 Å². The molecule has 1 amide bonds. The van der Waals surface area contributed by atoms with Gasteiger partial charge >= 0.3 is 0 Å². The third kappa shape index (κ3) is 3.94. The fourth-order valence-electron chi connectivity index (χ4n) is 4.19. The number of ether oxygens (including phenoxy) is 1. The predicted molar refractivity (Wildman–Crippen MR) is 122 cm³/mol. The fourth-order valence-corrected chi connectivity index (χ4v) is 4.19. The first kappa shape index (κ1) is 21.1. The Hall–Kier alpha value is -3.75. The van der Waals surface area contributed by atoms with E-state index < -0.39 is 5.91 Å². The quantitative estimate of drug-likeness (QED) is 0.589. The van der Waals surface area contributed by atoms with Crippen LogP contribution in [-0.4, -0.2) is 75.8 Å². The summed E-state index contributed by atoms with van der Waals surface area (Å²) >= 11 is 0. The number of carbonyl (C=O) groups is 1. The van der Waals surface area contributed by atoms with Crippen LogP contribution in [0.25, 0.3) is 5.65 Å². The molecule has 33 heavy (non-hydrogen) atoms. The van der Waals surface area contributed by atoms with Crippen molar-refractivity contribution in [3.8, 4) is 6.07 Å². The molecular formula is C22H25N9O2. The van der Waals surface area contributed by atoms with Crippen LogP contribution in [0.3, 0.4) is 0 Å². The largest absolute Gasteiger partial charge is 0.381 e. The Balaban J connectivity index is 1.36. The maximum atomic E-state index is 13.2. The summed E-state index contributed by atoms with van der Waals surface area (Å²) in [5.74, 6) is -0.682. The summed E-state index contributed by atoms with van der Waals surface area (Å²) in [6.45, 7) is 6.97. The van der Waals surface area contributed by atoms with Gasteiger partial charge in [0.1, 0.15) is 5.56 Å². The van der Waals surface area contributed by atoms with Gasteiger partial charge in [0.25, 0.3) is 5.91 Å². The van der Waals surface area contributed by atoms with Crippen molar-refractivity contribution in [1.82, 2.24) is 24.5 Å². The lowest BCUT2D eigenvalue weighted by Crippen LogP contribution is -2.56. The highest BCUT2D eigenvalue weighted by atomic mass is 16.5. The van der Waals surface area contributed by atoms with E-state index in [-0.39, 0.29) is 17.3 Å². The highest BCUT2D eigenvalue weighted by molar-refractivity contribution is 6.12. The zero-order chi connectivity index (χ0) is 22.9. The molecule has 0 saturated carbocycles. The Kier molecular flexibility index (Phi) is 5.53. The number of hydrogen-bond donors (Lipinski definition) is 2. The van der Waals surface area contributed by atoms with Gasteiger partial charge in [-0.05, 0) is 13.0 Å². The standard InChI is InChI=1S/C22H25N9O2/c1-14(8-23)15-9-26-21-19(20(24)28-31(21)11-15)22(32)27-17-10-25-3-2-18(17)30-6-4-29(5-7-30)16-12-33-13-16/h2-3,9-11,14,16H,4-7,12-13H2,1H3,(H2,24,28)(H,27,32). The number of rotatable bonds is 5. The lowest BCUT2D eigenvalue weighted by atomic mass is 10.1. The lowest BCUT2D eigenvalue weighted by molar-refractivity contribution is -0.0660. The van der Waals surface area contributed by atoms with E-state index in [0.717, 1.165) is 45.1 Å². The number of nitrogens with zero attached hydrogens (tertiary/aromatic N) is 7. The monoisotopic (exact) mass is 447 g/mol. The first-order valence-electron chi connectivity index (χ1n) is 10.9. The Morgan fingerprint density at radius 1 is 1.30 bits per heavy atom. The van der Waals surface area contributed by atoms with Crippen molar-refractivity contribution >= 4 is 28.7 Å². The number of nitrogen functional groups attached to an aromatic ring is 1. The number of piperazine rings is 1. The Morgan fingerprint density at radius 2 is 2.09 bits per heavy atom. The van der Waals surface area contributed by atoms with E-state index in [1.807, 2.05) is 6.07 Å². The van der Waals surface area contributed by atoms with Crippen molar-refractivity contribution in [2.75, 3.05) is 55.3 Å². The van der Waals surface area contributed by atoms with Crippen LogP contribution in [0.4, 0.5) is 17.2 Å². The van der Waals surface area contributed by atoms with Gasteiger partial charge in [-0.2, -0.15) is 5.26 Å². The summed E-state index contributed by atoms with van der Waals surface area (Å²) in [6, 6.07) is 4.59. The maximum Gasteiger partial charge on any atom is 0.263 e. The molecule has 5 heterocycles. The number of nitrogens with one attached hydrogen (secondary N) is 1. The number of hydrogen-bond acceptors (Lipinski definition) is 9. The molecule has 3 aromatic heterocycles.